The molecule has 1 aliphatic heterocycles. The number of hydrogen-bond donors (Lipinski definition) is 2. The third kappa shape index (κ3) is 2.83. The van der Waals surface area contributed by atoms with Gasteiger partial charge in [-0.1, -0.05) is 18.2 Å². The second kappa shape index (κ2) is 6.29. The summed E-state index contributed by atoms with van der Waals surface area (Å²) in [7, 11) is 0. The van der Waals surface area contributed by atoms with Crippen molar-refractivity contribution in [2.75, 3.05) is 16.8 Å². The summed E-state index contributed by atoms with van der Waals surface area (Å²) in [6.07, 6.45) is 0.192. The molecule has 1 fully saturated rings. The first kappa shape index (κ1) is 16.3. The highest BCUT2D eigenvalue weighted by Gasteiger charge is 2.36. The number of benzene rings is 2. The van der Waals surface area contributed by atoms with Gasteiger partial charge in [-0.05, 0) is 49.2 Å². The van der Waals surface area contributed by atoms with Gasteiger partial charge >= 0.3 is 0 Å². The Morgan fingerprint density at radius 3 is 2.81 bits per heavy atom. The van der Waals surface area contributed by atoms with Crippen molar-refractivity contribution in [3.63, 3.8) is 0 Å². The van der Waals surface area contributed by atoms with Crippen molar-refractivity contribution >= 4 is 34.2 Å². The molecule has 0 saturated carbocycles. The van der Waals surface area contributed by atoms with Crippen LogP contribution in [0.2, 0.25) is 0 Å². The van der Waals surface area contributed by atoms with Gasteiger partial charge in [0.1, 0.15) is 0 Å². The van der Waals surface area contributed by atoms with Gasteiger partial charge in [-0.25, -0.2) is 0 Å². The lowest BCUT2D eigenvalue weighted by Gasteiger charge is -2.14. The molecule has 0 radical (unpaired) electrons. The molecule has 3 aromatic rings. The van der Waals surface area contributed by atoms with Crippen LogP contribution in [0.1, 0.15) is 17.5 Å². The number of para-hydroxylation sites is 1. The molecule has 1 aliphatic rings. The molecular formula is C20H20N4O2. The number of carbonyl (C=O) groups is 2. The summed E-state index contributed by atoms with van der Waals surface area (Å²) in [5.74, 6) is -0.0157. The largest absolute Gasteiger partial charge is 0.326 e. The quantitative estimate of drug-likeness (QED) is 0.763. The summed E-state index contributed by atoms with van der Waals surface area (Å²) in [4.78, 5) is 26.7. The lowest BCUT2D eigenvalue weighted by Crippen LogP contribution is -2.28. The first-order chi connectivity index (χ1) is 12.5. The fourth-order valence-corrected chi connectivity index (χ4v) is 3.31. The van der Waals surface area contributed by atoms with E-state index in [1.807, 2.05) is 56.3 Å². The molecule has 1 aromatic heterocycles. The van der Waals surface area contributed by atoms with Crippen LogP contribution < -0.4 is 10.2 Å². The summed E-state index contributed by atoms with van der Waals surface area (Å²) in [5, 5.41) is 11.0. The van der Waals surface area contributed by atoms with Crippen LogP contribution in [0.3, 0.4) is 0 Å². The number of hydrogen-bond acceptors (Lipinski definition) is 3. The summed E-state index contributed by atoms with van der Waals surface area (Å²) >= 11 is 0. The van der Waals surface area contributed by atoms with E-state index in [0.717, 1.165) is 22.2 Å². The number of amides is 2. The minimum atomic E-state index is -0.389. The first-order valence-corrected chi connectivity index (χ1v) is 8.64. The third-order valence-electron chi connectivity index (χ3n) is 4.98. The van der Waals surface area contributed by atoms with Crippen molar-refractivity contribution in [3.8, 4) is 0 Å². The van der Waals surface area contributed by atoms with Crippen molar-refractivity contribution in [3.05, 3.63) is 53.6 Å². The van der Waals surface area contributed by atoms with Crippen molar-refractivity contribution in [1.29, 1.82) is 0 Å². The van der Waals surface area contributed by atoms with Crippen LogP contribution in [0.5, 0.6) is 0 Å². The Bertz CT molecular complexity index is 1010. The molecule has 1 saturated heterocycles. The van der Waals surface area contributed by atoms with E-state index >= 15 is 0 Å². The number of rotatable bonds is 3. The molecule has 2 N–H and O–H groups in total. The third-order valence-corrected chi connectivity index (χ3v) is 4.98. The van der Waals surface area contributed by atoms with E-state index in [2.05, 4.69) is 15.5 Å². The van der Waals surface area contributed by atoms with Crippen LogP contribution >= 0.6 is 0 Å². The molecule has 26 heavy (non-hydrogen) atoms. The highest BCUT2D eigenvalue weighted by atomic mass is 16.2. The van der Waals surface area contributed by atoms with E-state index in [0.29, 0.717) is 12.4 Å². The van der Waals surface area contributed by atoms with Gasteiger partial charge in [-0.2, -0.15) is 5.10 Å². The fraction of sp³-hybridized carbons (Fsp3) is 0.250. The van der Waals surface area contributed by atoms with E-state index in [1.165, 1.54) is 5.56 Å². The highest BCUT2D eigenvalue weighted by Crippen LogP contribution is 2.30. The maximum absolute atomic E-state index is 12.6. The van der Waals surface area contributed by atoms with Gasteiger partial charge in [0, 0.05) is 24.0 Å². The summed E-state index contributed by atoms with van der Waals surface area (Å²) < 4.78 is 0. The SMILES string of the molecule is Cc1ccc(NC(=O)[C@H]2CC(=O)N(c3n[nH]c4ccccc34)C2)cc1C. The maximum atomic E-state index is 12.6. The van der Waals surface area contributed by atoms with Crippen molar-refractivity contribution in [2.45, 2.75) is 20.3 Å². The van der Waals surface area contributed by atoms with Gasteiger partial charge in [0.15, 0.2) is 5.82 Å². The molecule has 6 heteroatoms. The van der Waals surface area contributed by atoms with Gasteiger partial charge in [-0.3, -0.25) is 19.6 Å². The lowest BCUT2D eigenvalue weighted by atomic mass is 10.1. The average molecular weight is 348 g/mol. The van der Waals surface area contributed by atoms with E-state index in [4.69, 9.17) is 0 Å². The van der Waals surface area contributed by atoms with E-state index in [9.17, 15) is 9.59 Å². The first-order valence-electron chi connectivity index (χ1n) is 8.64. The number of nitrogens with zero attached hydrogens (tertiary/aromatic N) is 2. The number of carbonyl (C=O) groups excluding carboxylic acids is 2. The average Bonchev–Trinajstić information content (AvgIpc) is 3.21. The molecule has 0 bridgehead atoms. The Morgan fingerprint density at radius 1 is 1.19 bits per heavy atom. The summed E-state index contributed by atoms with van der Waals surface area (Å²) in [6, 6.07) is 13.5. The molecule has 0 aliphatic carbocycles. The van der Waals surface area contributed by atoms with Crippen molar-refractivity contribution < 1.29 is 9.59 Å². The minimum Gasteiger partial charge on any atom is -0.326 e. The number of nitrogens with one attached hydrogen (secondary N) is 2. The Labute approximate surface area is 151 Å². The van der Waals surface area contributed by atoms with Crippen molar-refractivity contribution in [2.24, 2.45) is 5.92 Å². The van der Waals surface area contributed by atoms with E-state index < -0.39 is 0 Å². The van der Waals surface area contributed by atoms with Gasteiger partial charge in [0.2, 0.25) is 11.8 Å². The molecule has 0 unspecified atom stereocenters. The van der Waals surface area contributed by atoms with Crippen LogP contribution in [-0.4, -0.2) is 28.6 Å². The van der Waals surface area contributed by atoms with Crippen molar-refractivity contribution in [1.82, 2.24) is 10.2 Å². The summed E-state index contributed by atoms with van der Waals surface area (Å²) in [6.45, 7) is 4.38. The van der Waals surface area contributed by atoms with Gasteiger partial charge in [0.25, 0.3) is 0 Å². The Hall–Kier alpha value is -3.15. The van der Waals surface area contributed by atoms with Crippen LogP contribution in [0.25, 0.3) is 10.9 Å². The standard InChI is InChI=1S/C20H20N4O2/c1-12-7-8-15(9-13(12)2)21-20(26)14-10-18(25)24(11-14)19-16-5-3-4-6-17(16)22-23-19/h3-9,14H,10-11H2,1-2H3,(H,21,26)(H,22,23)/t14-/m0/s1. The topological polar surface area (TPSA) is 78.1 Å². The molecule has 2 amide bonds. The summed E-state index contributed by atoms with van der Waals surface area (Å²) in [5.41, 5.74) is 3.93. The lowest BCUT2D eigenvalue weighted by molar-refractivity contribution is -0.122. The van der Waals surface area contributed by atoms with Gasteiger partial charge in [0.05, 0.1) is 11.4 Å². The zero-order valence-corrected chi connectivity index (χ0v) is 14.7. The Morgan fingerprint density at radius 2 is 2.00 bits per heavy atom. The molecule has 2 aromatic carbocycles. The van der Waals surface area contributed by atoms with Crippen LogP contribution in [0.4, 0.5) is 11.5 Å². The second-order valence-electron chi connectivity index (χ2n) is 6.79. The monoisotopic (exact) mass is 348 g/mol. The van der Waals surface area contributed by atoms with Crippen LogP contribution in [0, 0.1) is 19.8 Å². The zero-order valence-electron chi connectivity index (χ0n) is 14.7. The predicted molar refractivity (Wildman–Crippen MR) is 101 cm³/mol. The molecule has 6 nitrogen and oxygen atoms in total. The zero-order chi connectivity index (χ0) is 18.3. The number of aromatic amines is 1. The number of aryl methyl sites for hydroxylation is 2. The predicted octanol–water partition coefficient (Wildman–Crippen LogP) is 3.17. The van der Waals surface area contributed by atoms with E-state index in [1.54, 1.807) is 4.90 Å². The smallest absolute Gasteiger partial charge is 0.229 e. The molecule has 1 atom stereocenters. The molecule has 4 rings (SSSR count). The molecule has 2 heterocycles. The van der Waals surface area contributed by atoms with Crippen LogP contribution in [0.15, 0.2) is 42.5 Å². The Kier molecular flexibility index (Phi) is 3.95. The van der Waals surface area contributed by atoms with Gasteiger partial charge < -0.3 is 5.32 Å². The second-order valence-corrected chi connectivity index (χ2v) is 6.79. The molecular weight excluding hydrogens is 328 g/mol. The van der Waals surface area contributed by atoms with Gasteiger partial charge in [-0.15, -0.1) is 0 Å². The Balaban J connectivity index is 1.52. The number of anilines is 2. The maximum Gasteiger partial charge on any atom is 0.229 e. The normalized spacial score (nSPS) is 17.1. The van der Waals surface area contributed by atoms with Crippen LogP contribution in [-0.2, 0) is 9.59 Å². The molecule has 132 valence electrons. The van der Waals surface area contributed by atoms with E-state index in [-0.39, 0.29) is 24.2 Å². The number of fused-ring (bicyclic) bond motifs is 1. The highest BCUT2D eigenvalue weighted by molar-refractivity contribution is 6.06. The number of aromatic nitrogens is 2. The molecule has 0 spiro atoms. The minimum absolute atomic E-state index is 0.0810. The number of H-pyrrole nitrogens is 1. The fourth-order valence-electron chi connectivity index (χ4n) is 3.31.